The zero-order valence-corrected chi connectivity index (χ0v) is 18.3. The van der Waals surface area contributed by atoms with E-state index >= 15 is 0 Å². The SMILES string of the molecule is COc1cc(CNC(=O)Nc2ccc3c(c2)C(=O)N(C)C3=O)ccc1OCc1ccccc1. The number of nitrogens with one attached hydrogen (secondary N) is 2. The minimum Gasteiger partial charge on any atom is -0.493 e. The Hall–Kier alpha value is -4.33. The molecule has 0 unspecified atom stereocenters. The third kappa shape index (κ3) is 4.79. The normalized spacial score (nSPS) is 12.4. The van der Waals surface area contributed by atoms with Gasteiger partial charge in [0.1, 0.15) is 6.61 Å². The molecule has 3 aromatic carbocycles. The van der Waals surface area contributed by atoms with Gasteiger partial charge in [0.15, 0.2) is 11.5 Å². The molecule has 1 heterocycles. The fourth-order valence-electron chi connectivity index (χ4n) is 3.47. The van der Waals surface area contributed by atoms with Crippen molar-refractivity contribution in [1.82, 2.24) is 10.2 Å². The number of carbonyl (C=O) groups is 3. The van der Waals surface area contributed by atoms with Crippen LogP contribution in [-0.4, -0.2) is 36.9 Å². The molecule has 4 rings (SSSR count). The molecule has 0 radical (unpaired) electrons. The fraction of sp³-hybridized carbons (Fsp3) is 0.160. The van der Waals surface area contributed by atoms with Crippen LogP contribution in [0.4, 0.5) is 10.5 Å². The Morgan fingerprint density at radius 1 is 0.879 bits per heavy atom. The Morgan fingerprint density at radius 2 is 1.64 bits per heavy atom. The molecule has 1 aliphatic rings. The summed E-state index contributed by atoms with van der Waals surface area (Å²) in [5.41, 5.74) is 2.90. The average Bonchev–Trinajstić information content (AvgIpc) is 3.05. The van der Waals surface area contributed by atoms with Gasteiger partial charge in [-0.25, -0.2) is 4.79 Å². The molecular weight excluding hydrogens is 422 g/mol. The van der Waals surface area contributed by atoms with E-state index < -0.39 is 6.03 Å². The predicted molar refractivity (Wildman–Crippen MR) is 122 cm³/mol. The molecule has 0 aromatic heterocycles. The van der Waals surface area contributed by atoms with Gasteiger partial charge in [-0.05, 0) is 41.5 Å². The molecule has 2 N–H and O–H groups in total. The van der Waals surface area contributed by atoms with Crippen LogP contribution >= 0.6 is 0 Å². The van der Waals surface area contributed by atoms with Crippen molar-refractivity contribution in [2.45, 2.75) is 13.2 Å². The van der Waals surface area contributed by atoms with Gasteiger partial charge in [-0.1, -0.05) is 36.4 Å². The average molecular weight is 445 g/mol. The van der Waals surface area contributed by atoms with Gasteiger partial charge in [0, 0.05) is 19.3 Å². The molecule has 33 heavy (non-hydrogen) atoms. The van der Waals surface area contributed by atoms with E-state index in [0.29, 0.717) is 29.4 Å². The molecule has 8 heteroatoms. The van der Waals surface area contributed by atoms with Crippen molar-refractivity contribution in [3.05, 3.63) is 89.0 Å². The van der Waals surface area contributed by atoms with Gasteiger partial charge < -0.3 is 20.1 Å². The van der Waals surface area contributed by atoms with Crippen LogP contribution in [0, 0.1) is 0 Å². The zero-order valence-electron chi connectivity index (χ0n) is 18.3. The molecule has 0 spiro atoms. The predicted octanol–water partition coefficient (Wildman–Crippen LogP) is 3.82. The van der Waals surface area contributed by atoms with Crippen LogP contribution in [0.2, 0.25) is 0 Å². The lowest BCUT2D eigenvalue weighted by Gasteiger charge is -2.13. The monoisotopic (exact) mass is 445 g/mol. The Labute approximate surface area is 191 Å². The van der Waals surface area contributed by atoms with Crippen LogP contribution in [0.25, 0.3) is 0 Å². The van der Waals surface area contributed by atoms with E-state index in [4.69, 9.17) is 9.47 Å². The van der Waals surface area contributed by atoms with Crippen molar-refractivity contribution in [3.63, 3.8) is 0 Å². The second-order valence-corrected chi connectivity index (χ2v) is 7.50. The first-order valence-corrected chi connectivity index (χ1v) is 10.3. The van der Waals surface area contributed by atoms with E-state index in [-0.39, 0.29) is 23.9 Å². The maximum atomic E-state index is 12.3. The van der Waals surface area contributed by atoms with E-state index in [0.717, 1.165) is 16.0 Å². The van der Waals surface area contributed by atoms with Crippen LogP contribution in [0.1, 0.15) is 31.8 Å². The lowest BCUT2D eigenvalue weighted by Crippen LogP contribution is -2.28. The number of hydrogen-bond donors (Lipinski definition) is 2. The van der Waals surface area contributed by atoms with Gasteiger partial charge in [0.05, 0.1) is 18.2 Å². The molecule has 168 valence electrons. The van der Waals surface area contributed by atoms with Gasteiger partial charge in [0.2, 0.25) is 0 Å². The number of amides is 4. The second kappa shape index (κ2) is 9.44. The Bertz CT molecular complexity index is 1210. The topological polar surface area (TPSA) is 97.0 Å². The number of ether oxygens (including phenoxy) is 2. The summed E-state index contributed by atoms with van der Waals surface area (Å²) in [5.74, 6) is 0.435. The van der Waals surface area contributed by atoms with Crippen molar-refractivity contribution < 1.29 is 23.9 Å². The molecular formula is C25H23N3O5. The quantitative estimate of drug-likeness (QED) is 0.539. The summed E-state index contributed by atoms with van der Waals surface area (Å²) in [6.07, 6.45) is 0. The van der Waals surface area contributed by atoms with E-state index in [9.17, 15) is 14.4 Å². The van der Waals surface area contributed by atoms with Crippen molar-refractivity contribution in [2.24, 2.45) is 0 Å². The van der Waals surface area contributed by atoms with E-state index in [1.54, 1.807) is 25.3 Å². The molecule has 1 aliphatic heterocycles. The minimum atomic E-state index is -0.441. The number of nitrogens with zero attached hydrogens (tertiary/aromatic N) is 1. The summed E-state index contributed by atoms with van der Waals surface area (Å²) in [4.78, 5) is 37.5. The summed E-state index contributed by atoms with van der Waals surface area (Å²) < 4.78 is 11.3. The third-order valence-electron chi connectivity index (χ3n) is 5.27. The number of imide groups is 1. The summed E-state index contributed by atoms with van der Waals surface area (Å²) >= 11 is 0. The molecule has 0 bridgehead atoms. The van der Waals surface area contributed by atoms with Crippen molar-refractivity contribution in [1.29, 1.82) is 0 Å². The largest absolute Gasteiger partial charge is 0.493 e. The summed E-state index contributed by atoms with van der Waals surface area (Å²) in [6, 6.07) is 19.5. The number of hydrogen-bond acceptors (Lipinski definition) is 5. The molecule has 4 amide bonds. The van der Waals surface area contributed by atoms with Gasteiger partial charge in [-0.3, -0.25) is 14.5 Å². The Morgan fingerprint density at radius 3 is 2.39 bits per heavy atom. The number of urea groups is 1. The number of rotatable bonds is 7. The standard InChI is InChI=1S/C25H23N3O5/c1-28-23(29)19-10-9-18(13-20(19)24(28)30)27-25(31)26-14-17-8-11-21(22(12-17)32-2)33-15-16-6-4-3-5-7-16/h3-13H,14-15H2,1-2H3,(H2,26,27,31). The van der Waals surface area contributed by atoms with Crippen LogP contribution in [0.5, 0.6) is 11.5 Å². The van der Waals surface area contributed by atoms with Gasteiger partial charge >= 0.3 is 6.03 Å². The minimum absolute atomic E-state index is 0.256. The summed E-state index contributed by atoms with van der Waals surface area (Å²) in [6.45, 7) is 0.675. The molecule has 3 aromatic rings. The highest BCUT2D eigenvalue weighted by atomic mass is 16.5. The second-order valence-electron chi connectivity index (χ2n) is 7.50. The smallest absolute Gasteiger partial charge is 0.319 e. The molecule has 0 saturated heterocycles. The highest BCUT2D eigenvalue weighted by Crippen LogP contribution is 2.29. The lowest BCUT2D eigenvalue weighted by atomic mass is 10.1. The van der Waals surface area contributed by atoms with E-state index in [2.05, 4.69) is 10.6 Å². The lowest BCUT2D eigenvalue weighted by molar-refractivity contribution is 0.0693. The summed E-state index contributed by atoms with van der Waals surface area (Å²) in [5, 5.41) is 5.45. The van der Waals surface area contributed by atoms with Gasteiger partial charge in [-0.15, -0.1) is 0 Å². The molecule has 0 fully saturated rings. The highest BCUT2D eigenvalue weighted by molar-refractivity contribution is 6.21. The molecule has 8 nitrogen and oxygen atoms in total. The third-order valence-corrected chi connectivity index (χ3v) is 5.27. The Balaban J connectivity index is 1.35. The number of benzene rings is 3. The maximum Gasteiger partial charge on any atom is 0.319 e. The van der Waals surface area contributed by atoms with Crippen molar-refractivity contribution in [2.75, 3.05) is 19.5 Å². The number of carbonyl (C=O) groups excluding carboxylic acids is 3. The van der Waals surface area contributed by atoms with Gasteiger partial charge in [0.25, 0.3) is 11.8 Å². The molecule has 0 aliphatic carbocycles. The number of anilines is 1. The summed E-state index contributed by atoms with van der Waals surface area (Å²) in [7, 11) is 2.99. The highest BCUT2D eigenvalue weighted by Gasteiger charge is 2.32. The van der Waals surface area contributed by atoms with Crippen LogP contribution in [0.15, 0.2) is 66.7 Å². The number of methoxy groups -OCH3 is 1. The van der Waals surface area contributed by atoms with Crippen LogP contribution in [0.3, 0.4) is 0 Å². The van der Waals surface area contributed by atoms with Crippen LogP contribution in [-0.2, 0) is 13.2 Å². The molecule has 0 atom stereocenters. The first kappa shape index (κ1) is 21.9. The van der Waals surface area contributed by atoms with E-state index in [1.165, 1.54) is 19.2 Å². The number of fused-ring (bicyclic) bond motifs is 1. The maximum absolute atomic E-state index is 12.3. The Kier molecular flexibility index (Phi) is 6.26. The molecule has 0 saturated carbocycles. The zero-order chi connectivity index (χ0) is 23.4. The van der Waals surface area contributed by atoms with Gasteiger partial charge in [-0.2, -0.15) is 0 Å². The fourth-order valence-corrected chi connectivity index (χ4v) is 3.47. The van der Waals surface area contributed by atoms with Crippen molar-refractivity contribution >= 4 is 23.5 Å². The first-order chi connectivity index (χ1) is 16.0. The van der Waals surface area contributed by atoms with E-state index in [1.807, 2.05) is 36.4 Å². The van der Waals surface area contributed by atoms with Crippen LogP contribution < -0.4 is 20.1 Å². The first-order valence-electron chi connectivity index (χ1n) is 10.3. The van der Waals surface area contributed by atoms with Crippen molar-refractivity contribution in [3.8, 4) is 11.5 Å².